The number of rotatable bonds is 25. The second-order valence-corrected chi connectivity index (χ2v) is 19.5. The predicted molar refractivity (Wildman–Crippen MR) is 250 cm³/mol. The van der Waals surface area contributed by atoms with Gasteiger partial charge in [-0.25, -0.2) is 0 Å². The Kier molecular flexibility index (Phi) is 18.4. The number of fused-ring (bicyclic) bond motifs is 3. The predicted octanol–water partition coefficient (Wildman–Crippen LogP) is 6.17. The van der Waals surface area contributed by atoms with Crippen LogP contribution in [-0.4, -0.2) is 102 Å². The van der Waals surface area contributed by atoms with Crippen LogP contribution >= 0.6 is 0 Å². The van der Waals surface area contributed by atoms with Crippen molar-refractivity contribution in [2.24, 2.45) is 56.5 Å². The van der Waals surface area contributed by atoms with E-state index < -0.39 is 12.2 Å². The number of aliphatic imine (C=N–C) groups is 2. The Morgan fingerprint density at radius 2 is 1.89 bits per heavy atom. The summed E-state index contributed by atoms with van der Waals surface area (Å²) in [6, 6.07) is 5.43. The number of aryl methyl sites for hydroxylation is 1. The topological polar surface area (TPSA) is 204 Å². The molecule has 3 fully saturated rings. The highest BCUT2D eigenvalue weighted by Gasteiger charge is 2.58. The van der Waals surface area contributed by atoms with Gasteiger partial charge in [-0.15, -0.1) is 16.6 Å². The molecule has 346 valence electrons. The van der Waals surface area contributed by atoms with Gasteiger partial charge in [0.25, 0.3) is 0 Å². The number of nitrogens with two attached hydrogens (primary N) is 2. The molecule has 2 heterocycles. The first-order chi connectivity index (χ1) is 30.0. The Bertz CT molecular complexity index is 1670. The smallest absolute Gasteiger partial charge is 0.208 e. The molecule has 1 spiro atoms. The zero-order valence-corrected chi connectivity index (χ0v) is 38.2. The van der Waals surface area contributed by atoms with Crippen LogP contribution in [0, 0.1) is 47.0 Å². The summed E-state index contributed by atoms with van der Waals surface area (Å²) in [5, 5.41) is 49.2. The van der Waals surface area contributed by atoms with E-state index in [9.17, 15) is 20.4 Å². The highest BCUT2D eigenvalue weighted by Crippen LogP contribution is 2.61. The minimum absolute atomic E-state index is 0.0128. The van der Waals surface area contributed by atoms with E-state index in [1.807, 2.05) is 19.1 Å². The van der Waals surface area contributed by atoms with Gasteiger partial charge in [-0.2, -0.15) is 0 Å². The van der Waals surface area contributed by atoms with E-state index in [0.717, 1.165) is 87.5 Å². The number of ether oxygens (including phenoxy) is 2. The fourth-order valence-electron chi connectivity index (χ4n) is 11.6. The first-order valence-corrected chi connectivity index (χ1v) is 24.2. The van der Waals surface area contributed by atoms with E-state index in [1.54, 1.807) is 13.1 Å². The maximum absolute atomic E-state index is 11.5. The van der Waals surface area contributed by atoms with Gasteiger partial charge in [0.1, 0.15) is 30.4 Å². The van der Waals surface area contributed by atoms with Gasteiger partial charge in [-0.1, -0.05) is 57.9 Å². The number of guanidine groups is 1. The number of aliphatic hydroxyl groups is 5. The molecule has 0 amide bonds. The van der Waals surface area contributed by atoms with Crippen LogP contribution in [0.5, 0.6) is 11.5 Å². The molecule has 3 saturated carbocycles. The Hall–Kier alpha value is -3.26. The molecule has 0 bridgehead atoms. The average molecular weight is 862 g/mol. The number of aromatic hydroxyl groups is 1. The van der Waals surface area contributed by atoms with Crippen molar-refractivity contribution in [3.8, 4) is 11.5 Å². The average Bonchev–Trinajstić information content (AvgIpc) is 4.09. The molecule has 0 saturated heterocycles. The molecule has 3 aliphatic carbocycles. The molecule has 11 N–H and O–H groups in total. The second kappa shape index (κ2) is 23.6. The lowest BCUT2D eigenvalue weighted by atomic mass is 9.66. The van der Waals surface area contributed by atoms with Crippen LogP contribution in [0.4, 0.5) is 0 Å². The standard InChI is InChI=1S/C50H80N6O6/c1-33(28-55-49(52)53-3)10-8-12-35(20-23-51)11-4-5-15-47-37(31-57)25-38(62-47)18-16-36-17-19-45(59)48(24-36)61-32-46(60)43-26-40-41(30-54-29-34(2)58)39-13-9-14-42(39)50(21-6-7-22-50)27-44(40)56-43/h17,19,24-26,33-35,39,41-42,46-47,54,57-58,60,62H,4-16,18,20-23,27-32,51H2,1-3H3,(H3-,52,53,55,59)/p+1/t33-,34+,35-,39+,41+,42+,46+,47?/m1/s1. The van der Waals surface area contributed by atoms with Crippen molar-refractivity contribution in [2.45, 2.75) is 148 Å². The lowest BCUT2D eigenvalue weighted by Gasteiger charge is -2.37. The largest absolute Gasteiger partial charge is 0.504 e. The summed E-state index contributed by atoms with van der Waals surface area (Å²) in [7, 11) is 1.70. The van der Waals surface area contributed by atoms with Crippen LogP contribution < -0.4 is 26.8 Å². The van der Waals surface area contributed by atoms with Crippen LogP contribution in [0.15, 0.2) is 51.6 Å². The molecular formula is C50H81N6O6+. The van der Waals surface area contributed by atoms with Crippen molar-refractivity contribution in [1.82, 2.24) is 10.6 Å². The molecule has 8 atom stereocenters. The Morgan fingerprint density at radius 3 is 2.65 bits per heavy atom. The zero-order chi connectivity index (χ0) is 44.1. The number of hydrogen-bond acceptors (Lipinski definition) is 9. The molecule has 62 heavy (non-hydrogen) atoms. The van der Waals surface area contributed by atoms with Gasteiger partial charge >= 0.3 is 0 Å². The quantitative estimate of drug-likeness (QED) is 0.0186. The van der Waals surface area contributed by atoms with Crippen molar-refractivity contribution in [2.75, 3.05) is 46.4 Å². The van der Waals surface area contributed by atoms with E-state index >= 15 is 0 Å². The van der Waals surface area contributed by atoms with Crippen LogP contribution in [0.2, 0.25) is 0 Å². The first-order valence-electron chi connectivity index (χ1n) is 24.2. The maximum Gasteiger partial charge on any atom is 0.208 e. The van der Waals surface area contributed by atoms with Crippen molar-refractivity contribution in [1.29, 1.82) is 0 Å². The number of unbranched alkanes of at least 4 members (excludes halogenated alkanes) is 1. The number of nitrogens with zero attached hydrogens (tertiary/aromatic N) is 2. The molecule has 6 rings (SSSR count). The number of phenols is 1. The number of phenolic OH excluding ortho intramolecular Hbond substituents is 1. The van der Waals surface area contributed by atoms with E-state index in [0.29, 0.717) is 65.4 Å². The maximum atomic E-state index is 11.5. The third-order valence-electron chi connectivity index (χ3n) is 14.9. The van der Waals surface area contributed by atoms with Crippen LogP contribution in [0.3, 0.4) is 0 Å². The van der Waals surface area contributed by atoms with Crippen LogP contribution in [-0.2, 0) is 6.42 Å². The third kappa shape index (κ3) is 12.9. The number of aliphatic hydroxyl groups excluding tert-OH is 3. The van der Waals surface area contributed by atoms with Gasteiger partial charge in [0, 0.05) is 46.1 Å². The number of benzene rings is 1. The minimum atomic E-state index is -0.933. The summed E-state index contributed by atoms with van der Waals surface area (Å²) in [5.74, 6) is 4.91. The fourth-order valence-corrected chi connectivity index (χ4v) is 11.6. The number of allylic oxidation sites excluding steroid dienone is 1. The van der Waals surface area contributed by atoms with Gasteiger partial charge in [-0.3, -0.25) is 4.99 Å². The normalized spacial score (nSPS) is 25.2. The van der Waals surface area contributed by atoms with Crippen LogP contribution in [0.25, 0.3) is 0 Å². The van der Waals surface area contributed by atoms with Crippen molar-refractivity contribution in [3.63, 3.8) is 0 Å². The summed E-state index contributed by atoms with van der Waals surface area (Å²) >= 11 is 0. The van der Waals surface area contributed by atoms with Gasteiger partial charge in [0.2, 0.25) is 5.70 Å². The molecule has 12 nitrogen and oxygen atoms in total. The molecule has 1 unspecified atom stereocenters. The highest BCUT2D eigenvalue weighted by molar-refractivity contribution is 6.03. The van der Waals surface area contributed by atoms with E-state index in [-0.39, 0.29) is 25.1 Å². The molecular weight excluding hydrogens is 781 g/mol. The summed E-state index contributed by atoms with van der Waals surface area (Å²) in [6.07, 6.45) is 24.1. The lowest BCUT2D eigenvalue weighted by molar-refractivity contribution is -0.0553. The zero-order valence-electron chi connectivity index (χ0n) is 38.2. The molecule has 0 aromatic heterocycles. The Morgan fingerprint density at radius 1 is 1.08 bits per heavy atom. The lowest BCUT2D eigenvalue weighted by Crippen LogP contribution is -2.38. The molecule has 2 aliphatic heterocycles. The van der Waals surface area contributed by atoms with Crippen molar-refractivity contribution >= 4 is 11.7 Å². The Balaban J connectivity index is 0.966. The summed E-state index contributed by atoms with van der Waals surface area (Å²) in [6.45, 7) is 7.00. The molecule has 1 aromatic carbocycles. The highest BCUT2D eigenvalue weighted by atomic mass is 16.5. The first kappa shape index (κ1) is 48.2. The molecule has 12 heteroatoms. The van der Waals surface area contributed by atoms with Crippen molar-refractivity contribution in [3.05, 3.63) is 59.2 Å². The molecule has 0 radical (unpaired) electrons. The van der Waals surface area contributed by atoms with Crippen molar-refractivity contribution < 1.29 is 29.9 Å². The minimum Gasteiger partial charge on any atom is -0.504 e. The van der Waals surface area contributed by atoms with E-state index in [2.05, 4.69) is 34.7 Å². The van der Waals surface area contributed by atoms with Crippen LogP contribution in [0.1, 0.15) is 129 Å². The third-order valence-corrected chi connectivity index (χ3v) is 14.9. The fraction of sp³-hybridized carbons (Fsp3) is 0.720. The summed E-state index contributed by atoms with van der Waals surface area (Å²) in [4.78, 5) is 9.11. The van der Waals surface area contributed by atoms with E-state index in [1.165, 1.54) is 70.1 Å². The number of nitrogens with one attached hydrogen (secondary N) is 2. The van der Waals surface area contributed by atoms with Gasteiger partial charge in [-0.05, 0) is 118 Å². The Labute approximate surface area is 372 Å². The summed E-state index contributed by atoms with van der Waals surface area (Å²) in [5.41, 5.74) is 15.8. The SMILES string of the molecule is CN=C(N)NC[C@H](C)CCC[C@H](CCN)CCCCC1[OH+][C-](CCc2ccc(O)c(OC[C@H](O)C3=C[C+]4C(=N3)CC3(CCCC3)[C@H]3CCC[C@H]3[C@@H]4CNC[C@H](C)O)c2)C=C1CO. The molecule has 5 aliphatic rings. The molecule has 1 aromatic rings. The number of hydrogen-bond donors (Lipinski definition) is 8. The van der Waals surface area contributed by atoms with E-state index in [4.69, 9.17) is 25.9 Å². The van der Waals surface area contributed by atoms with Gasteiger partial charge < -0.3 is 52.0 Å². The van der Waals surface area contributed by atoms with Gasteiger partial charge in [0.05, 0.1) is 18.1 Å². The van der Waals surface area contributed by atoms with Gasteiger partial charge in [0.15, 0.2) is 23.6 Å². The second-order valence-electron chi connectivity index (χ2n) is 19.5. The summed E-state index contributed by atoms with van der Waals surface area (Å²) < 4.78 is 11.2. The monoisotopic (exact) mass is 862 g/mol.